The molecule has 0 unspecified atom stereocenters. The van der Waals surface area contributed by atoms with Gasteiger partial charge in [0.2, 0.25) is 0 Å². The van der Waals surface area contributed by atoms with E-state index in [4.69, 9.17) is 0 Å². The van der Waals surface area contributed by atoms with Crippen molar-refractivity contribution in [3.8, 4) is 0 Å². The minimum Gasteiger partial charge on any atom is -0.389 e. The lowest BCUT2D eigenvalue weighted by molar-refractivity contribution is 0.199. The lowest BCUT2D eigenvalue weighted by Gasteiger charge is -2.30. The van der Waals surface area contributed by atoms with Crippen LogP contribution in [0.1, 0.15) is 31.9 Å². The second-order valence-electron chi connectivity index (χ2n) is 4.64. The van der Waals surface area contributed by atoms with Gasteiger partial charge in [0.25, 0.3) is 0 Å². The minimum atomic E-state index is -0.646. The number of benzene rings is 1. The van der Waals surface area contributed by atoms with Crippen LogP contribution >= 0.6 is 0 Å². The van der Waals surface area contributed by atoms with Gasteiger partial charge in [0.1, 0.15) is 5.82 Å². The highest BCUT2D eigenvalue weighted by molar-refractivity contribution is 5.56. The van der Waals surface area contributed by atoms with Crippen molar-refractivity contribution in [1.29, 1.82) is 0 Å². The van der Waals surface area contributed by atoms with E-state index in [2.05, 4.69) is 17.9 Å². The third kappa shape index (κ3) is 2.67. The van der Waals surface area contributed by atoms with E-state index in [-0.39, 0.29) is 5.82 Å². The highest BCUT2D eigenvalue weighted by Crippen LogP contribution is 2.29. The summed E-state index contributed by atoms with van der Waals surface area (Å²) >= 11 is 0. The lowest BCUT2D eigenvalue weighted by atomic mass is 10.0. The fourth-order valence-electron chi connectivity index (χ4n) is 2.27. The van der Waals surface area contributed by atoms with Gasteiger partial charge in [-0.15, -0.1) is 0 Å². The second-order valence-corrected chi connectivity index (χ2v) is 4.64. The molecule has 0 amide bonds. The maximum absolute atomic E-state index is 13.2. The van der Waals surface area contributed by atoms with Gasteiger partial charge in [-0.2, -0.15) is 0 Å². The fraction of sp³-hybridized carbons (Fsp3) is 0.429. The van der Waals surface area contributed by atoms with Gasteiger partial charge in [-0.3, -0.25) is 0 Å². The molecule has 0 aromatic heterocycles. The first-order chi connectivity index (χ1) is 8.08. The summed E-state index contributed by atoms with van der Waals surface area (Å²) in [5.41, 5.74) is 2.92. The molecule has 0 spiro atoms. The Morgan fingerprint density at radius 1 is 1.41 bits per heavy atom. The lowest BCUT2D eigenvalue weighted by Crippen LogP contribution is -2.30. The van der Waals surface area contributed by atoms with Gasteiger partial charge in [0, 0.05) is 24.3 Å². The molecule has 0 radical (unpaired) electrons. The normalized spacial score (nSPS) is 17.9. The summed E-state index contributed by atoms with van der Waals surface area (Å²) in [6.45, 7) is 5.54. The van der Waals surface area contributed by atoms with Gasteiger partial charge >= 0.3 is 0 Å². The van der Waals surface area contributed by atoms with Crippen molar-refractivity contribution in [2.45, 2.75) is 26.4 Å². The van der Waals surface area contributed by atoms with E-state index in [9.17, 15) is 9.50 Å². The van der Waals surface area contributed by atoms with Crippen molar-refractivity contribution in [3.63, 3.8) is 0 Å². The van der Waals surface area contributed by atoms with E-state index >= 15 is 0 Å². The highest BCUT2D eigenvalue weighted by atomic mass is 19.1. The summed E-state index contributed by atoms with van der Waals surface area (Å²) in [5, 5.41) is 9.72. The summed E-state index contributed by atoms with van der Waals surface area (Å²) in [6.07, 6.45) is 2.58. The molecule has 1 aromatic carbocycles. The first kappa shape index (κ1) is 12.1. The molecule has 17 heavy (non-hydrogen) atoms. The Kier molecular flexibility index (Phi) is 3.48. The Labute approximate surface area is 101 Å². The van der Waals surface area contributed by atoms with Gasteiger partial charge in [0.15, 0.2) is 0 Å². The number of anilines is 1. The van der Waals surface area contributed by atoms with Crippen molar-refractivity contribution >= 4 is 5.69 Å². The molecule has 0 saturated carbocycles. The zero-order chi connectivity index (χ0) is 12.4. The van der Waals surface area contributed by atoms with Gasteiger partial charge in [-0.1, -0.05) is 11.6 Å². The van der Waals surface area contributed by atoms with E-state index in [0.717, 1.165) is 25.2 Å². The van der Waals surface area contributed by atoms with Crippen LogP contribution in [0.15, 0.2) is 29.8 Å². The van der Waals surface area contributed by atoms with Crippen molar-refractivity contribution in [2.75, 3.05) is 18.0 Å². The Hall–Kier alpha value is -1.35. The molecule has 1 aliphatic rings. The second kappa shape index (κ2) is 4.88. The number of halogens is 1. The summed E-state index contributed by atoms with van der Waals surface area (Å²) in [5.74, 6) is -0.297. The fourth-order valence-corrected chi connectivity index (χ4v) is 2.27. The van der Waals surface area contributed by atoms with Gasteiger partial charge < -0.3 is 10.0 Å². The largest absolute Gasteiger partial charge is 0.389 e. The number of nitrogens with zero attached hydrogens (tertiary/aromatic N) is 1. The van der Waals surface area contributed by atoms with E-state index in [1.165, 1.54) is 17.7 Å². The molecule has 1 aliphatic heterocycles. The van der Waals surface area contributed by atoms with Crippen molar-refractivity contribution in [3.05, 3.63) is 41.2 Å². The van der Waals surface area contributed by atoms with Crippen molar-refractivity contribution in [1.82, 2.24) is 0 Å². The van der Waals surface area contributed by atoms with Crippen LogP contribution < -0.4 is 4.90 Å². The number of aliphatic hydroxyl groups excluding tert-OH is 1. The number of hydrogen-bond acceptors (Lipinski definition) is 2. The topological polar surface area (TPSA) is 23.5 Å². The zero-order valence-electron chi connectivity index (χ0n) is 10.3. The monoisotopic (exact) mass is 235 g/mol. The summed E-state index contributed by atoms with van der Waals surface area (Å²) in [7, 11) is 0. The molecular weight excluding hydrogens is 217 g/mol. The van der Waals surface area contributed by atoms with Gasteiger partial charge in [-0.05, 0) is 38.5 Å². The maximum Gasteiger partial charge on any atom is 0.123 e. The standard InChI is InChI=1S/C14H18FNO/c1-10-4-3-7-16(9-10)14-6-5-12(15)8-13(14)11(2)17/h4-6,8,11,17H,3,7,9H2,1-2H3/t11-/m1/s1. The zero-order valence-corrected chi connectivity index (χ0v) is 10.3. The third-order valence-corrected chi connectivity index (χ3v) is 3.11. The Balaban J connectivity index is 2.34. The highest BCUT2D eigenvalue weighted by Gasteiger charge is 2.17. The number of rotatable bonds is 2. The van der Waals surface area contributed by atoms with E-state index < -0.39 is 6.10 Å². The molecule has 1 N–H and O–H groups in total. The molecule has 2 rings (SSSR count). The maximum atomic E-state index is 13.2. The first-order valence-corrected chi connectivity index (χ1v) is 5.96. The van der Waals surface area contributed by atoms with E-state index in [0.29, 0.717) is 5.56 Å². The first-order valence-electron chi connectivity index (χ1n) is 5.96. The van der Waals surface area contributed by atoms with Gasteiger partial charge in [-0.25, -0.2) is 4.39 Å². The van der Waals surface area contributed by atoms with Crippen molar-refractivity contribution in [2.24, 2.45) is 0 Å². The molecule has 0 aliphatic carbocycles. The molecule has 0 saturated heterocycles. The van der Waals surface area contributed by atoms with Crippen LogP contribution in [0, 0.1) is 5.82 Å². The predicted octanol–water partition coefficient (Wildman–Crippen LogP) is 3.04. The molecule has 1 aromatic rings. The average Bonchev–Trinajstić information content (AvgIpc) is 2.28. The molecule has 1 heterocycles. The van der Waals surface area contributed by atoms with Crippen LogP contribution in [0.3, 0.4) is 0 Å². The third-order valence-electron chi connectivity index (χ3n) is 3.11. The Morgan fingerprint density at radius 3 is 2.82 bits per heavy atom. The molecule has 0 fully saturated rings. The SMILES string of the molecule is CC1=CCCN(c2ccc(F)cc2[C@@H](C)O)C1. The van der Waals surface area contributed by atoms with Crippen LogP contribution in [-0.4, -0.2) is 18.2 Å². The van der Waals surface area contributed by atoms with Crippen LogP contribution in [0.4, 0.5) is 10.1 Å². The Bertz CT molecular complexity index is 440. The summed E-state index contributed by atoms with van der Waals surface area (Å²) < 4.78 is 13.2. The predicted molar refractivity (Wildman–Crippen MR) is 67.6 cm³/mol. The Morgan fingerprint density at radius 2 is 2.18 bits per heavy atom. The smallest absolute Gasteiger partial charge is 0.123 e. The van der Waals surface area contributed by atoms with Crippen LogP contribution in [-0.2, 0) is 0 Å². The van der Waals surface area contributed by atoms with Crippen LogP contribution in [0.25, 0.3) is 0 Å². The molecule has 92 valence electrons. The molecule has 3 heteroatoms. The molecule has 0 bridgehead atoms. The quantitative estimate of drug-likeness (QED) is 0.796. The van der Waals surface area contributed by atoms with E-state index in [1.807, 2.05) is 0 Å². The van der Waals surface area contributed by atoms with Crippen LogP contribution in [0.5, 0.6) is 0 Å². The van der Waals surface area contributed by atoms with Gasteiger partial charge in [0.05, 0.1) is 6.10 Å². The molecule has 1 atom stereocenters. The average molecular weight is 235 g/mol. The number of hydrogen-bond donors (Lipinski definition) is 1. The molecular formula is C14H18FNO. The molecule has 2 nitrogen and oxygen atoms in total. The van der Waals surface area contributed by atoms with Crippen molar-refractivity contribution < 1.29 is 9.50 Å². The van der Waals surface area contributed by atoms with E-state index in [1.54, 1.807) is 13.0 Å². The minimum absolute atomic E-state index is 0.297. The van der Waals surface area contributed by atoms with Crippen LogP contribution in [0.2, 0.25) is 0 Å². The summed E-state index contributed by atoms with van der Waals surface area (Å²) in [6, 6.07) is 4.64. The number of aliphatic hydroxyl groups is 1. The summed E-state index contributed by atoms with van der Waals surface area (Å²) in [4.78, 5) is 2.19.